The zero-order valence-electron chi connectivity index (χ0n) is 12.6. The number of unbranched alkanes of at least 4 members (excludes halogenated alkanes) is 1. The van der Waals surface area contributed by atoms with Crippen molar-refractivity contribution < 1.29 is 4.74 Å². The van der Waals surface area contributed by atoms with Crippen LogP contribution < -0.4 is 4.74 Å². The fourth-order valence-electron chi connectivity index (χ4n) is 2.34. The molecule has 0 aliphatic heterocycles. The number of rotatable bonds is 6. The summed E-state index contributed by atoms with van der Waals surface area (Å²) in [6.07, 6.45) is 2.15. The monoisotopic (exact) mass is 293 g/mol. The zero-order chi connectivity index (χ0) is 15.2. The normalized spacial score (nSPS) is 10.6. The van der Waals surface area contributed by atoms with Crippen molar-refractivity contribution in [3.05, 3.63) is 54.6 Å². The maximum Gasteiger partial charge on any atom is 0.128 e. The van der Waals surface area contributed by atoms with Crippen LogP contribution in [0.3, 0.4) is 0 Å². The molecule has 1 N–H and O–H groups in total. The van der Waals surface area contributed by atoms with Gasteiger partial charge in [0.05, 0.1) is 12.3 Å². The predicted octanol–water partition coefficient (Wildman–Crippen LogP) is 4.32. The molecule has 3 rings (SSSR count). The maximum absolute atomic E-state index is 5.91. The summed E-state index contributed by atoms with van der Waals surface area (Å²) in [5.41, 5.74) is 3.75. The van der Waals surface area contributed by atoms with Gasteiger partial charge in [-0.2, -0.15) is 0 Å². The molecular weight excluding hydrogens is 274 g/mol. The second kappa shape index (κ2) is 6.89. The second-order valence-electron chi connectivity index (χ2n) is 5.10. The third kappa shape index (κ3) is 3.01. The summed E-state index contributed by atoms with van der Waals surface area (Å²) in [7, 11) is 0. The Bertz CT molecular complexity index is 722. The van der Waals surface area contributed by atoms with Gasteiger partial charge in [0.15, 0.2) is 0 Å². The van der Waals surface area contributed by atoms with Crippen molar-refractivity contribution in [2.75, 3.05) is 6.61 Å². The lowest BCUT2D eigenvalue weighted by atomic mass is 10.0. The van der Waals surface area contributed by atoms with Gasteiger partial charge in [0.25, 0.3) is 0 Å². The van der Waals surface area contributed by atoms with E-state index in [0.717, 1.165) is 41.1 Å². The van der Waals surface area contributed by atoms with Crippen LogP contribution in [0.4, 0.5) is 0 Å². The summed E-state index contributed by atoms with van der Waals surface area (Å²) in [4.78, 5) is 0. The number of H-pyrrole nitrogens is 1. The molecule has 4 heteroatoms. The molecule has 0 spiro atoms. The van der Waals surface area contributed by atoms with Crippen LogP contribution in [-0.4, -0.2) is 22.0 Å². The number of para-hydroxylation sites is 1. The molecule has 22 heavy (non-hydrogen) atoms. The predicted molar refractivity (Wildman–Crippen MR) is 87.7 cm³/mol. The number of benzene rings is 2. The van der Waals surface area contributed by atoms with E-state index in [1.54, 1.807) is 0 Å². The standard InChI is InChI=1S/C18H19N3O/c1-2-3-13-22-16-12-8-7-11-15(16)18-17(19-21-20-18)14-9-5-4-6-10-14/h4-12H,2-3,13H2,1H3,(H,19,20,21). The van der Waals surface area contributed by atoms with Crippen molar-refractivity contribution in [1.29, 1.82) is 0 Å². The first-order chi connectivity index (χ1) is 10.9. The van der Waals surface area contributed by atoms with Crippen LogP contribution in [0.2, 0.25) is 0 Å². The first kappa shape index (κ1) is 14.3. The third-order valence-corrected chi connectivity index (χ3v) is 3.51. The molecule has 0 unspecified atom stereocenters. The van der Waals surface area contributed by atoms with Crippen molar-refractivity contribution in [1.82, 2.24) is 15.4 Å². The van der Waals surface area contributed by atoms with Gasteiger partial charge in [-0.3, -0.25) is 5.10 Å². The smallest absolute Gasteiger partial charge is 0.128 e. The van der Waals surface area contributed by atoms with Crippen molar-refractivity contribution >= 4 is 0 Å². The molecule has 0 aliphatic rings. The SMILES string of the molecule is CCCCOc1ccccc1-c1nn[nH]c1-c1ccccc1. The molecule has 1 aromatic heterocycles. The lowest BCUT2D eigenvalue weighted by Gasteiger charge is -2.10. The molecule has 0 radical (unpaired) electrons. The van der Waals surface area contributed by atoms with E-state index in [1.807, 2.05) is 54.6 Å². The van der Waals surface area contributed by atoms with Crippen molar-refractivity contribution in [2.45, 2.75) is 19.8 Å². The average Bonchev–Trinajstić information content (AvgIpc) is 3.06. The number of hydrogen-bond acceptors (Lipinski definition) is 3. The van der Waals surface area contributed by atoms with E-state index >= 15 is 0 Å². The van der Waals surface area contributed by atoms with Gasteiger partial charge in [0.1, 0.15) is 11.4 Å². The minimum atomic E-state index is 0.714. The lowest BCUT2D eigenvalue weighted by Crippen LogP contribution is -1.98. The highest BCUT2D eigenvalue weighted by atomic mass is 16.5. The first-order valence-corrected chi connectivity index (χ1v) is 7.59. The summed E-state index contributed by atoms with van der Waals surface area (Å²) in [6, 6.07) is 18.1. The van der Waals surface area contributed by atoms with E-state index in [-0.39, 0.29) is 0 Å². The van der Waals surface area contributed by atoms with E-state index in [9.17, 15) is 0 Å². The number of nitrogens with zero attached hydrogens (tertiary/aromatic N) is 2. The van der Waals surface area contributed by atoms with Gasteiger partial charge in [-0.25, -0.2) is 0 Å². The minimum absolute atomic E-state index is 0.714. The van der Waals surface area contributed by atoms with Gasteiger partial charge < -0.3 is 4.74 Å². The number of ether oxygens (including phenoxy) is 1. The van der Waals surface area contributed by atoms with Gasteiger partial charge in [0.2, 0.25) is 0 Å². The van der Waals surface area contributed by atoms with E-state index in [0.29, 0.717) is 6.61 Å². The Balaban J connectivity index is 1.97. The van der Waals surface area contributed by atoms with Crippen molar-refractivity contribution in [3.63, 3.8) is 0 Å². The highest BCUT2D eigenvalue weighted by molar-refractivity contribution is 5.80. The molecule has 0 bridgehead atoms. The molecular formula is C18H19N3O. The quantitative estimate of drug-likeness (QED) is 0.689. The summed E-state index contributed by atoms with van der Waals surface area (Å²) in [5, 5.41) is 11.2. The van der Waals surface area contributed by atoms with E-state index in [2.05, 4.69) is 22.3 Å². The molecule has 0 fully saturated rings. The number of aromatic nitrogens is 3. The van der Waals surface area contributed by atoms with Crippen LogP contribution in [0.1, 0.15) is 19.8 Å². The lowest BCUT2D eigenvalue weighted by molar-refractivity contribution is 0.310. The van der Waals surface area contributed by atoms with Crippen molar-refractivity contribution in [3.8, 4) is 28.3 Å². The van der Waals surface area contributed by atoms with E-state index < -0.39 is 0 Å². The van der Waals surface area contributed by atoms with Crippen LogP contribution in [0.15, 0.2) is 54.6 Å². The summed E-state index contributed by atoms with van der Waals surface area (Å²) in [6.45, 7) is 2.87. The molecule has 0 atom stereocenters. The Morgan fingerprint density at radius 2 is 1.77 bits per heavy atom. The Morgan fingerprint density at radius 3 is 2.59 bits per heavy atom. The van der Waals surface area contributed by atoms with Gasteiger partial charge in [-0.1, -0.05) is 61.0 Å². The van der Waals surface area contributed by atoms with Crippen LogP contribution in [-0.2, 0) is 0 Å². The van der Waals surface area contributed by atoms with Crippen molar-refractivity contribution in [2.24, 2.45) is 0 Å². The second-order valence-corrected chi connectivity index (χ2v) is 5.10. The molecule has 0 amide bonds. The molecule has 1 heterocycles. The highest BCUT2D eigenvalue weighted by Crippen LogP contribution is 2.34. The van der Waals surface area contributed by atoms with Gasteiger partial charge in [0, 0.05) is 11.1 Å². The molecule has 0 aliphatic carbocycles. The summed E-state index contributed by atoms with van der Waals surface area (Å²) in [5.74, 6) is 0.849. The molecule has 3 aromatic rings. The van der Waals surface area contributed by atoms with E-state index in [1.165, 1.54) is 0 Å². The number of hydrogen-bond donors (Lipinski definition) is 1. The fraction of sp³-hybridized carbons (Fsp3) is 0.222. The first-order valence-electron chi connectivity index (χ1n) is 7.59. The Hall–Kier alpha value is -2.62. The third-order valence-electron chi connectivity index (χ3n) is 3.51. The Labute approximate surface area is 130 Å². The highest BCUT2D eigenvalue weighted by Gasteiger charge is 2.15. The van der Waals surface area contributed by atoms with Gasteiger partial charge in [-0.15, -0.1) is 5.10 Å². The van der Waals surface area contributed by atoms with Crippen LogP contribution in [0, 0.1) is 0 Å². The number of nitrogens with one attached hydrogen (secondary N) is 1. The molecule has 2 aromatic carbocycles. The van der Waals surface area contributed by atoms with E-state index in [4.69, 9.17) is 4.74 Å². The molecule has 0 saturated carbocycles. The molecule has 0 saturated heterocycles. The minimum Gasteiger partial charge on any atom is -0.493 e. The zero-order valence-corrected chi connectivity index (χ0v) is 12.6. The average molecular weight is 293 g/mol. The Kier molecular flexibility index (Phi) is 4.49. The van der Waals surface area contributed by atoms with Crippen LogP contribution in [0.25, 0.3) is 22.5 Å². The fourth-order valence-corrected chi connectivity index (χ4v) is 2.34. The largest absolute Gasteiger partial charge is 0.493 e. The number of aromatic amines is 1. The summed E-state index contributed by atoms with van der Waals surface area (Å²) < 4.78 is 5.91. The van der Waals surface area contributed by atoms with Crippen LogP contribution in [0.5, 0.6) is 5.75 Å². The molecule has 4 nitrogen and oxygen atoms in total. The van der Waals surface area contributed by atoms with Crippen LogP contribution >= 0.6 is 0 Å². The summed E-state index contributed by atoms with van der Waals surface area (Å²) >= 11 is 0. The topological polar surface area (TPSA) is 50.8 Å². The van der Waals surface area contributed by atoms with Gasteiger partial charge in [-0.05, 0) is 18.6 Å². The molecule has 112 valence electrons. The van der Waals surface area contributed by atoms with Gasteiger partial charge >= 0.3 is 0 Å². The maximum atomic E-state index is 5.91. The Morgan fingerprint density at radius 1 is 1.00 bits per heavy atom.